The van der Waals surface area contributed by atoms with Gasteiger partial charge in [0.05, 0.1) is 39.0 Å². The number of amides is 1. The highest BCUT2D eigenvalue weighted by Crippen LogP contribution is 2.43. The van der Waals surface area contributed by atoms with E-state index in [4.69, 9.17) is 14.2 Å². The minimum absolute atomic E-state index is 0.0461. The first-order valence-electron chi connectivity index (χ1n) is 11.4. The standard InChI is InChI=1S/C26H29FN2O6/c1-16-14-18(15-20(33-2)25(16)34-3)22-21(23(30)17-4-6-19(27)7-5-17)24(31)26(32)29(22)9-8-28-10-12-35-13-11-28/h4-7,14-15,22,30H,8-13H2,1-3H3/b23-21+. The summed E-state index contributed by atoms with van der Waals surface area (Å²) in [7, 11) is 3.04. The van der Waals surface area contributed by atoms with Gasteiger partial charge in [-0.2, -0.15) is 0 Å². The monoisotopic (exact) mass is 484 g/mol. The number of carbonyl (C=O) groups excluding carboxylic acids is 2. The van der Waals surface area contributed by atoms with Crippen LogP contribution in [0, 0.1) is 12.7 Å². The van der Waals surface area contributed by atoms with Crippen molar-refractivity contribution in [1.29, 1.82) is 0 Å². The molecule has 2 aliphatic rings. The predicted octanol–water partition coefficient (Wildman–Crippen LogP) is 2.91. The number of halogens is 1. The minimum Gasteiger partial charge on any atom is -0.507 e. The third kappa shape index (κ3) is 4.87. The molecule has 0 bridgehead atoms. The maximum atomic E-state index is 13.5. The Balaban J connectivity index is 1.81. The van der Waals surface area contributed by atoms with Crippen molar-refractivity contribution in [2.45, 2.75) is 13.0 Å². The molecule has 186 valence electrons. The van der Waals surface area contributed by atoms with Crippen LogP contribution in [-0.2, 0) is 14.3 Å². The Labute approximate surface area is 203 Å². The first-order valence-corrected chi connectivity index (χ1v) is 11.4. The second-order valence-electron chi connectivity index (χ2n) is 8.53. The summed E-state index contributed by atoms with van der Waals surface area (Å²) in [5.41, 5.74) is 1.56. The van der Waals surface area contributed by atoms with E-state index < -0.39 is 23.5 Å². The molecule has 1 unspecified atom stereocenters. The van der Waals surface area contributed by atoms with Gasteiger partial charge in [-0.1, -0.05) is 0 Å². The number of methoxy groups -OCH3 is 2. The molecule has 1 atom stereocenters. The van der Waals surface area contributed by atoms with Crippen molar-refractivity contribution in [3.05, 3.63) is 64.5 Å². The van der Waals surface area contributed by atoms with E-state index in [-0.39, 0.29) is 23.4 Å². The van der Waals surface area contributed by atoms with E-state index in [1.807, 2.05) is 13.0 Å². The van der Waals surface area contributed by atoms with E-state index in [1.165, 1.54) is 43.4 Å². The Bertz CT molecular complexity index is 1140. The summed E-state index contributed by atoms with van der Waals surface area (Å²) < 4.78 is 29.8. The third-order valence-electron chi connectivity index (χ3n) is 6.42. The average molecular weight is 485 g/mol. The fraction of sp³-hybridized carbons (Fsp3) is 0.385. The van der Waals surface area contributed by atoms with Gasteiger partial charge in [0, 0.05) is 31.7 Å². The van der Waals surface area contributed by atoms with Crippen LogP contribution in [0.4, 0.5) is 4.39 Å². The zero-order valence-electron chi connectivity index (χ0n) is 20.0. The number of hydrogen-bond acceptors (Lipinski definition) is 7. The molecule has 2 aromatic carbocycles. The van der Waals surface area contributed by atoms with Gasteiger partial charge in [-0.05, 0) is 54.4 Å². The largest absolute Gasteiger partial charge is 0.507 e. The van der Waals surface area contributed by atoms with Crippen LogP contribution < -0.4 is 9.47 Å². The molecule has 4 rings (SSSR count). The van der Waals surface area contributed by atoms with Crippen LogP contribution in [0.15, 0.2) is 42.0 Å². The van der Waals surface area contributed by atoms with Gasteiger partial charge in [0.15, 0.2) is 11.5 Å². The molecule has 0 saturated carbocycles. The molecule has 1 N–H and O–H groups in total. The van der Waals surface area contributed by atoms with Gasteiger partial charge >= 0.3 is 0 Å². The van der Waals surface area contributed by atoms with Crippen LogP contribution in [0.2, 0.25) is 0 Å². The molecule has 0 spiro atoms. The summed E-state index contributed by atoms with van der Waals surface area (Å²) >= 11 is 0. The third-order valence-corrected chi connectivity index (χ3v) is 6.42. The van der Waals surface area contributed by atoms with Crippen molar-refractivity contribution in [3.63, 3.8) is 0 Å². The molecule has 8 nitrogen and oxygen atoms in total. The lowest BCUT2D eigenvalue weighted by molar-refractivity contribution is -0.140. The van der Waals surface area contributed by atoms with Gasteiger partial charge in [-0.25, -0.2) is 4.39 Å². The number of rotatable bonds is 7. The highest BCUT2D eigenvalue weighted by atomic mass is 19.1. The molecule has 2 fully saturated rings. The lowest BCUT2D eigenvalue weighted by Crippen LogP contribution is -2.42. The van der Waals surface area contributed by atoms with E-state index in [1.54, 1.807) is 6.07 Å². The smallest absolute Gasteiger partial charge is 0.295 e. The molecule has 2 heterocycles. The maximum absolute atomic E-state index is 13.5. The number of morpholine rings is 1. The zero-order chi connectivity index (χ0) is 25.1. The number of nitrogens with zero attached hydrogens (tertiary/aromatic N) is 2. The normalized spacial score (nSPS) is 20.3. The van der Waals surface area contributed by atoms with Gasteiger partial charge in [-0.3, -0.25) is 14.5 Å². The number of ketones is 1. The average Bonchev–Trinajstić information content (AvgIpc) is 3.12. The Hall–Kier alpha value is -3.43. The Morgan fingerprint density at radius 3 is 2.40 bits per heavy atom. The summed E-state index contributed by atoms with van der Waals surface area (Å²) in [5, 5.41) is 11.1. The van der Waals surface area contributed by atoms with E-state index in [0.29, 0.717) is 36.8 Å². The van der Waals surface area contributed by atoms with Crippen LogP contribution in [0.1, 0.15) is 22.7 Å². The second-order valence-corrected chi connectivity index (χ2v) is 8.53. The van der Waals surface area contributed by atoms with Gasteiger partial charge in [0.2, 0.25) is 0 Å². The van der Waals surface area contributed by atoms with Crippen LogP contribution >= 0.6 is 0 Å². The lowest BCUT2D eigenvalue weighted by atomic mass is 9.93. The summed E-state index contributed by atoms with van der Waals surface area (Å²) in [6, 6.07) is 7.82. The fourth-order valence-corrected chi connectivity index (χ4v) is 4.63. The van der Waals surface area contributed by atoms with Crippen molar-refractivity contribution in [2.75, 3.05) is 53.6 Å². The molecule has 0 radical (unpaired) electrons. The number of aliphatic hydroxyl groups is 1. The first-order chi connectivity index (χ1) is 16.8. The number of hydrogen-bond donors (Lipinski definition) is 1. The SMILES string of the molecule is COc1cc(C2/C(=C(\O)c3ccc(F)cc3)C(=O)C(=O)N2CCN2CCOCC2)cc(C)c1OC. The highest BCUT2D eigenvalue weighted by molar-refractivity contribution is 6.46. The molecule has 0 aliphatic carbocycles. The summed E-state index contributed by atoms with van der Waals surface area (Å²) in [5.74, 6) is -1.32. The molecule has 2 aromatic rings. The summed E-state index contributed by atoms with van der Waals surface area (Å²) in [4.78, 5) is 30.1. The van der Waals surface area contributed by atoms with Crippen molar-refractivity contribution in [3.8, 4) is 11.5 Å². The topological polar surface area (TPSA) is 88.5 Å². The zero-order valence-corrected chi connectivity index (χ0v) is 20.0. The Kier molecular flexibility index (Phi) is 7.37. The number of carbonyl (C=O) groups is 2. The number of aliphatic hydroxyl groups excluding tert-OH is 1. The maximum Gasteiger partial charge on any atom is 0.295 e. The van der Waals surface area contributed by atoms with Crippen LogP contribution in [-0.4, -0.2) is 80.2 Å². The van der Waals surface area contributed by atoms with E-state index in [9.17, 15) is 19.1 Å². The molecule has 2 aliphatic heterocycles. The molecular weight excluding hydrogens is 455 g/mol. The number of aryl methyl sites for hydroxylation is 1. The van der Waals surface area contributed by atoms with Crippen LogP contribution in [0.5, 0.6) is 11.5 Å². The number of likely N-dealkylation sites (tertiary alicyclic amines) is 1. The summed E-state index contributed by atoms with van der Waals surface area (Å²) in [6.45, 7) is 5.37. The Morgan fingerprint density at radius 1 is 1.09 bits per heavy atom. The van der Waals surface area contributed by atoms with Gasteiger partial charge < -0.3 is 24.2 Å². The fourth-order valence-electron chi connectivity index (χ4n) is 4.63. The van der Waals surface area contributed by atoms with Crippen LogP contribution in [0.25, 0.3) is 5.76 Å². The lowest BCUT2D eigenvalue weighted by Gasteiger charge is -2.31. The quantitative estimate of drug-likeness (QED) is 0.367. The van der Waals surface area contributed by atoms with Gasteiger partial charge in [0.25, 0.3) is 11.7 Å². The molecule has 35 heavy (non-hydrogen) atoms. The van der Waals surface area contributed by atoms with Crippen molar-refractivity contribution < 1.29 is 33.3 Å². The summed E-state index contributed by atoms with van der Waals surface area (Å²) in [6.07, 6.45) is 0. The van der Waals surface area contributed by atoms with Crippen molar-refractivity contribution >= 4 is 17.4 Å². The molecule has 9 heteroatoms. The van der Waals surface area contributed by atoms with E-state index in [0.717, 1.165) is 18.7 Å². The number of benzene rings is 2. The highest BCUT2D eigenvalue weighted by Gasteiger charge is 2.46. The van der Waals surface area contributed by atoms with E-state index in [2.05, 4.69) is 4.90 Å². The van der Waals surface area contributed by atoms with Gasteiger partial charge in [-0.15, -0.1) is 0 Å². The minimum atomic E-state index is -0.848. The van der Waals surface area contributed by atoms with Crippen molar-refractivity contribution in [1.82, 2.24) is 9.80 Å². The molecule has 1 amide bonds. The van der Waals surface area contributed by atoms with Gasteiger partial charge in [0.1, 0.15) is 11.6 Å². The number of Topliss-reactive ketones (excluding diaryl/α,β-unsaturated/α-hetero) is 1. The molecule has 0 aromatic heterocycles. The Morgan fingerprint density at radius 2 is 1.77 bits per heavy atom. The molecular formula is C26H29FN2O6. The first kappa shape index (κ1) is 24.7. The van der Waals surface area contributed by atoms with E-state index >= 15 is 0 Å². The van der Waals surface area contributed by atoms with Crippen molar-refractivity contribution in [2.24, 2.45) is 0 Å². The number of ether oxygens (including phenoxy) is 3. The van der Waals surface area contributed by atoms with Crippen LogP contribution in [0.3, 0.4) is 0 Å². The second kappa shape index (κ2) is 10.5. The molecule has 2 saturated heterocycles. The predicted molar refractivity (Wildman–Crippen MR) is 127 cm³/mol.